The zero-order chi connectivity index (χ0) is 10.2. The maximum atomic E-state index is 8.47. The van der Waals surface area contributed by atoms with Crippen molar-refractivity contribution in [3.8, 4) is 6.07 Å². The van der Waals surface area contributed by atoms with Crippen LogP contribution in [-0.4, -0.2) is 31.2 Å². The van der Waals surface area contributed by atoms with Gasteiger partial charge in [0.1, 0.15) is 0 Å². The van der Waals surface area contributed by atoms with E-state index in [0.717, 1.165) is 17.4 Å². The summed E-state index contributed by atoms with van der Waals surface area (Å²) >= 11 is 0. The number of nitriles is 1. The summed E-state index contributed by atoms with van der Waals surface area (Å²) in [5.74, 6) is 0. The fourth-order valence-corrected chi connectivity index (χ4v) is 1.95. The fraction of sp³-hybridized carbons (Fsp3) is 0.909. The molecule has 0 aliphatic carbocycles. The van der Waals surface area contributed by atoms with Gasteiger partial charge in [-0.3, -0.25) is 0 Å². The summed E-state index contributed by atoms with van der Waals surface area (Å²) in [7, 11) is 2.31. The molecule has 0 aromatic heterocycles. The molecule has 0 spiro atoms. The van der Waals surface area contributed by atoms with E-state index < -0.39 is 0 Å². The highest BCUT2D eigenvalue weighted by atomic mass is 15.3. The van der Waals surface area contributed by atoms with Crippen LogP contribution in [0.2, 0.25) is 0 Å². The highest BCUT2D eigenvalue weighted by Gasteiger charge is 2.17. The van der Waals surface area contributed by atoms with Gasteiger partial charge < -0.3 is 4.48 Å². The number of nitrogens with zero attached hydrogens (tertiary/aromatic N) is 2. The van der Waals surface area contributed by atoms with Crippen LogP contribution in [0.1, 0.15) is 39.5 Å². The monoisotopic (exact) mass is 183 g/mol. The smallest absolute Gasteiger partial charge is 0.0794 e. The molecule has 0 heterocycles. The lowest BCUT2D eigenvalue weighted by Gasteiger charge is -2.34. The third kappa shape index (κ3) is 5.65. The average molecular weight is 183 g/mol. The molecule has 0 aromatic carbocycles. The minimum Gasteiger partial charge on any atom is -0.326 e. The van der Waals surface area contributed by atoms with Crippen LogP contribution in [-0.2, 0) is 0 Å². The van der Waals surface area contributed by atoms with Crippen molar-refractivity contribution in [2.24, 2.45) is 0 Å². The van der Waals surface area contributed by atoms with E-state index in [0.29, 0.717) is 6.42 Å². The Bertz CT molecular complexity index is 152. The van der Waals surface area contributed by atoms with Gasteiger partial charge in [-0.05, 0) is 12.8 Å². The molecule has 0 bridgehead atoms. The first-order valence-electron chi connectivity index (χ1n) is 5.39. The summed E-state index contributed by atoms with van der Waals surface area (Å²) in [4.78, 5) is 0. The third-order valence-electron chi connectivity index (χ3n) is 2.51. The van der Waals surface area contributed by atoms with E-state index in [4.69, 9.17) is 5.26 Å². The average Bonchev–Trinajstić information content (AvgIpc) is 2.05. The van der Waals surface area contributed by atoms with Crippen LogP contribution in [0, 0.1) is 11.3 Å². The molecule has 2 heteroatoms. The maximum Gasteiger partial charge on any atom is 0.0794 e. The predicted molar refractivity (Wildman–Crippen MR) is 56.2 cm³/mol. The Morgan fingerprint density at radius 3 is 2.00 bits per heavy atom. The van der Waals surface area contributed by atoms with Gasteiger partial charge in [-0.1, -0.05) is 13.8 Å². The van der Waals surface area contributed by atoms with E-state index in [-0.39, 0.29) is 0 Å². The van der Waals surface area contributed by atoms with Crippen LogP contribution in [0.25, 0.3) is 0 Å². The van der Waals surface area contributed by atoms with Gasteiger partial charge in [0, 0.05) is 12.8 Å². The molecule has 0 N–H and O–H groups in total. The topological polar surface area (TPSA) is 23.8 Å². The molecule has 0 aliphatic heterocycles. The Balaban J connectivity index is 3.85. The van der Waals surface area contributed by atoms with E-state index in [2.05, 4.69) is 27.0 Å². The lowest BCUT2D eigenvalue weighted by Crippen LogP contribution is -2.45. The number of rotatable bonds is 7. The molecule has 0 fully saturated rings. The Kier molecular flexibility index (Phi) is 6.62. The number of unbranched alkanes of at least 4 members (excludes halogenated alkanes) is 1. The van der Waals surface area contributed by atoms with Gasteiger partial charge in [0.2, 0.25) is 0 Å². The van der Waals surface area contributed by atoms with Gasteiger partial charge >= 0.3 is 0 Å². The molecule has 2 nitrogen and oxygen atoms in total. The van der Waals surface area contributed by atoms with Gasteiger partial charge in [-0.25, -0.2) is 0 Å². The van der Waals surface area contributed by atoms with Gasteiger partial charge in [0.05, 0.1) is 32.8 Å². The fourth-order valence-electron chi connectivity index (χ4n) is 1.95. The standard InChI is InChI=1S/C11H23N2/c1-4-9-13(3,10-5-2)11-7-6-8-12/h4-7,9-11H2,1-3H3/q+1. The molecule has 13 heavy (non-hydrogen) atoms. The first-order chi connectivity index (χ1) is 6.18. The molecule has 0 unspecified atom stereocenters. The Morgan fingerprint density at radius 1 is 1.08 bits per heavy atom. The summed E-state index contributed by atoms with van der Waals surface area (Å²) in [6.45, 7) is 8.13. The summed E-state index contributed by atoms with van der Waals surface area (Å²) < 4.78 is 1.15. The quantitative estimate of drug-likeness (QED) is 0.439. The first kappa shape index (κ1) is 12.4. The lowest BCUT2D eigenvalue weighted by atomic mass is 10.2. The van der Waals surface area contributed by atoms with E-state index >= 15 is 0 Å². The van der Waals surface area contributed by atoms with Crippen molar-refractivity contribution in [3.63, 3.8) is 0 Å². The van der Waals surface area contributed by atoms with Crippen molar-refractivity contribution >= 4 is 0 Å². The van der Waals surface area contributed by atoms with E-state index in [1.165, 1.54) is 25.9 Å². The van der Waals surface area contributed by atoms with E-state index in [1.807, 2.05) is 0 Å². The molecule has 0 amide bonds. The van der Waals surface area contributed by atoms with Crippen molar-refractivity contribution in [2.45, 2.75) is 39.5 Å². The van der Waals surface area contributed by atoms with Crippen molar-refractivity contribution in [2.75, 3.05) is 26.7 Å². The van der Waals surface area contributed by atoms with Gasteiger partial charge in [-0.2, -0.15) is 5.26 Å². The second kappa shape index (κ2) is 6.91. The van der Waals surface area contributed by atoms with Crippen LogP contribution >= 0.6 is 0 Å². The molecule has 0 aliphatic rings. The zero-order valence-corrected chi connectivity index (χ0v) is 9.34. The van der Waals surface area contributed by atoms with Gasteiger partial charge in [0.15, 0.2) is 0 Å². The molecular weight excluding hydrogens is 160 g/mol. The second-order valence-electron chi connectivity index (χ2n) is 4.05. The van der Waals surface area contributed by atoms with Crippen molar-refractivity contribution < 1.29 is 4.48 Å². The van der Waals surface area contributed by atoms with Crippen LogP contribution < -0.4 is 0 Å². The molecular formula is C11H23N2+. The highest BCUT2D eigenvalue weighted by molar-refractivity contribution is 4.67. The van der Waals surface area contributed by atoms with Crippen molar-refractivity contribution in [3.05, 3.63) is 0 Å². The summed E-state index contributed by atoms with van der Waals surface area (Å²) in [5.41, 5.74) is 0. The number of hydrogen-bond acceptors (Lipinski definition) is 1. The molecule has 76 valence electrons. The van der Waals surface area contributed by atoms with E-state index in [9.17, 15) is 0 Å². The van der Waals surface area contributed by atoms with Gasteiger partial charge in [0.25, 0.3) is 0 Å². The van der Waals surface area contributed by atoms with Crippen molar-refractivity contribution in [1.29, 1.82) is 5.26 Å². The summed E-state index contributed by atoms with van der Waals surface area (Å²) in [6.07, 6.45) is 4.24. The molecule has 0 saturated heterocycles. The zero-order valence-electron chi connectivity index (χ0n) is 9.34. The van der Waals surface area contributed by atoms with Crippen LogP contribution in [0.15, 0.2) is 0 Å². The van der Waals surface area contributed by atoms with Crippen LogP contribution in [0.4, 0.5) is 0 Å². The summed E-state index contributed by atoms with van der Waals surface area (Å²) in [6, 6.07) is 2.21. The maximum absolute atomic E-state index is 8.47. The van der Waals surface area contributed by atoms with Crippen LogP contribution in [0.3, 0.4) is 0 Å². The minimum atomic E-state index is 0.710. The largest absolute Gasteiger partial charge is 0.326 e. The lowest BCUT2D eigenvalue weighted by molar-refractivity contribution is -0.909. The Morgan fingerprint density at radius 2 is 1.62 bits per heavy atom. The normalized spacial score (nSPS) is 11.2. The van der Waals surface area contributed by atoms with Crippen molar-refractivity contribution in [1.82, 2.24) is 0 Å². The molecule has 0 aromatic rings. The molecule has 0 radical (unpaired) electrons. The minimum absolute atomic E-state index is 0.710. The van der Waals surface area contributed by atoms with Crippen LogP contribution in [0.5, 0.6) is 0 Å². The summed E-state index contributed by atoms with van der Waals surface area (Å²) in [5, 5.41) is 8.47. The SMILES string of the molecule is CCC[N+](C)(CCC)CCCC#N. The Hall–Kier alpha value is -0.550. The Labute approximate surface area is 82.8 Å². The predicted octanol–water partition coefficient (Wildman–Crippen LogP) is 2.56. The highest BCUT2D eigenvalue weighted by Crippen LogP contribution is 2.08. The molecule has 0 atom stereocenters. The molecule has 0 saturated carbocycles. The second-order valence-corrected chi connectivity index (χ2v) is 4.05. The van der Waals surface area contributed by atoms with Gasteiger partial charge in [-0.15, -0.1) is 0 Å². The first-order valence-corrected chi connectivity index (χ1v) is 5.39. The third-order valence-corrected chi connectivity index (χ3v) is 2.51. The molecule has 0 rings (SSSR count). The van der Waals surface area contributed by atoms with E-state index in [1.54, 1.807) is 0 Å². The number of hydrogen-bond donors (Lipinski definition) is 0. The number of quaternary nitrogens is 1.